The Labute approximate surface area is 94.5 Å². The molecule has 0 aliphatic carbocycles. The number of benzene rings is 1. The summed E-state index contributed by atoms with van der Waals surface area (Å²) in [5, 5.41) is 10.9. The molecule has 82 valence electrons. The Bertz CT molecular complexity index is 402. The Hall–Kier alpha value is -2.10. The van der Waals surface area contributed by atoms with Crippen molar-refractivity contribution in [2.24, 2.45) is 0 Å². The molecule has 0 saturated carbocycles. The second-order valence-electron chi connectivity index (χ2n) is 3.68. The summed E-state index contributed by atoms with van der Waals surface area (Å²) in [5.41, 5.74) is 7.92. The van der Waals surface area contributed by atoms with Gasteiger partial charge in [0.05, 0.1) is 0 Å². The molecule has 0 amide bonds. The van der Waals surface area contributed by atoms with Gasteiger partial charge >= 0.3 is 0 Å². The molecule has 0 unspecified atom stereocenters. The highest BCUT2D eigenvalue weighted by atomic mass is 15.2. The molecule has 0 bridgehead atoms. The van der Waals surface area contributed by atoms with E-state index in [1.54, 1.807) is 6.07 Å². The lowest BCUT2D eigenvalue weighted by molar-refractivity contribution is 1.01. The average molecular weight is 214 g/mol. The summed E-state index contributed by atoms with van der Waals surface area (Å²) < 4.78 is 0. The van der Waals surface area contributed by atoms with Crippen LogP contribution in [0.5, 0.6) is 0 Å². The van der Waals surface area contributed by atoms with Crippen molar-refractivity contribution in [1.82, 2.24) is 10.2 Å². The molecule has 1 aromatic carbocycles. The lowest BCUT2D eigenvalue weighted by Crippen LogP contribution is -2.03. The molecular formula is C12H14N4. The fraction of sp³-hybridized carbons (Fsp3) is 0.167. The molecule has 3 N–H and O–H groups in total. The number of aromatic nitrogens is 2. The van der Waals surface area contributed by atoms with Crippen LogP contribution in [0.2, 0.25) is 0 Å². The Morgan fingerprint density at radius 3 is 2.44 bits per heavy atom. The third-order valence-electron chi connectivity index (χ3n) is 2.28. The third-order valence-corrected chi connectivity index (χ3v) is 2.28. The molecule has 4 nitrogen and oxygen atoms in total. The van der Waals surface area contributed by atoms with E-state index in [-0.39, 0.29) is 0 Å². The highest BCUT2D eigenvalue weighted by Crippen LogP contribution is 2.07. The zero-order valence-corrected chi connectivity index (χ0v) is 9.14. The van der Waals surface area contributed by atoms with Crippen molar-refractivity contribution in [3.05, 3.63) is 47.5 Å². The van der Waals surface area contributed by atoms with Crippen LogP contribution in [0.1, 0.15) is 11.1 Å². The molecule has 0 radical (unpaired) electrons. The van der Waals surface area contributed by atoms with Gasteiger partial charge in [-0.05, 0) is 24.6 Å². The molecule has 0 saturated heterocycles. The predicted octanol–water partition coefficient (Wildman–Crippen LogP) is 1.98. The number of anilines is 2. The first-order chi connectivity index (χ1) is 7.74. The Kier molecular flexibility index (Phi) is 3.00. The van der Waals surface area contributed by atoms with Crippen LogP contribution < -0.4 is 11.1 Å². The summed E-state index contributed by atoms with van der Waals surface area (Å²) in [6, 6.07) is 11.9. The first-order valence-electron chi connectivity index (χ1n) is 5.13. The second-order valence-corrected chi connectivity index (χ2v) is 3.68. The van der Waals surface area contributed by atoms with Gasteiger partial charge < -0.3 is 11.1 Å². The topological polar surface area (TPSA) is 63.8 Å². The number of hydrogen-bond donors (Lipinski definition) is 2. The number of rotatable bonds is 3. The quantitative estimate of drug-likeness (QED) is 0.820. The van der Waals surface area contributed by atoms with E-state index in [9.17, 15) is 0 Å². The maximum absolute atomic E-state index is 5.45. The Morgan fingerprint density at radius 1 is 1.06 bits per heavy atom. The minimum Gasteiger partial charge on any atom is -0.382 e. The van der Waals surface area contributed by atoms with Crippen molar-refractivity contribution >= 4 is 11.6 Å². The minimum absolute atomic E-state index is 0.431. The van der Waals surface area contributed by atoms with Gasteiger partial charge in [-0.15, -0.1) is 10.2 Å². The van der Waals surface area contributed by atoms with Crippen LogP contribution in [-0.4, -0.2) is 10.2 Å². The number of aryl methyl sites for hydroxylation is 1. The van der Waals surface area contributed by atoms with Gasteiger partial charge in [0.15, 0.2) is 0 Å². The van der Waals surface area contributed by atoms with E-state index in [1.807, 2.05) is 6.07 Å². The molecule has 2 aromatic rings. The first-order valence-corrected chi connectivity index (χ1v) is 5.13. The summed E-state index contributed by atoms with van der Waals surface area (Å²) in [6.45, 7) is 2.81. The van der Waals surface area contributed by atoms with Crippen LogP contribution in [0, 0.1) is 6.92 Å². The molecule has 2 rings (SSSR count). The highest BCUT2D eigenvalue weighted by Gasteiger charge is 1.95. The van der Waals surface area contributed by atoms with Crippen LogP contribution in [-0.2, 0) is 6.54 Å². The molecule has 4 heteroatoms. The highest BCUT2D eigenvalue weighted by molar-refractivity contribution is 5.39. The van der Waals surface area contributed by atoms with Crippen molar-refractivity contribution in [3.8, 4) is 0 Å². The van der Waals surface area contributed by atoms with E-state index >= 15 is 0 Å². The number of nitrogens with zero attached hydrogens (tertiary/aromatic N) is 2. The van der Waals surface area contributed by atoms with Gasteiger partial charge in [-0.3, -0.25) is 0 Å². The van der Waals surface area contributed by atoms with E-state index in [0.717, 1.165) is 12.4 Å². The zero-order chi connectivity index (χ0) is 11.4. The van der Waals surface area contributed by atoms with Crippen molar-refractivity contribution in [1.29, 1.82) is 0 Å². The van der Waals surface area contributed by atoms with Crippen molar-refractivity contribution in [2.45, 2.75) is 13.5 Å². The van der Waals surface area contributed by atoms with E-state index in [4.69, 9.17) is 5.73 Å². The normalized spacial score (nSPS) is 10.1. The van der Waals surface area contributed by atoms with E-state index < -0.39 is 0 Å². The van der Waals surface area contributed by atoms with Gasteiger partial charge in [-0.25, -0.2) is 0 Å². The molecular weight excluding hydrogens is 200 g/mol. The maximum atomic E-state index is 5.45. The Morgan fingerprint density at radius 2 is 1.81 bits per heavy atom. The molecule has 0 atom stereocenters. The van der Waals surface area contributed by atoms with E-state index in [1.165, 1.54) is 11.1 Å². The fourth-order valence-corrected chi connectivity index (χ4v) is 1.34. The SMILES string of the molecule is Cc1ccc(CNc2ccc(N)nn2)cc1. The first kappa shape index (κ1) is 10.4. The average Bonchev–Trinajstić information content (AvgIpc) is 2.30. The molecule has 1 heterocycles. The fourth-order valence-electron chi connectivity index (χ4n) is 1.34. The van der Waals surface area contributed by atoms with Crippen LogP contribution in [0.15, 0.2) is 36.4 Å². The maximum Gasteiger partial charge on any atom is 0.149 e. The summed E-state index contributed by atoms with van der Waals surface area (Å²) in [5.74, 6) is 1.16. The number of hydrogen-bond acceptors (Lipinski definition) is 4. The second kappa shape index (κ2) is 4.61. The summed E-state index contributed by atoms with van der Waals surface area (Å²) in [6.07, 6.45) is 0. The molecule has 0 aliphatic heterocycles. The smallest absolute Gasteiger partial charge is 0.149 e. The van der Waals surface area contributed by atoms with Crippen molar-refractivity contribution in [3.63, 3.8) is 0 Å². The monoisotopic (exact) mass is 214 g/mol. The van der Waals surface area contributed by atoms with Gasteiger partial charge in [0.2, 0.25) is 0 Å². The Balaban J connectivity index is 1.97. The van der Waals surface area contributed by atoms with E-state index in [2.05, 4.69) is 46.7 Å². The largest absolute Gasteiger partial charge is 0.382 e. The summed E-state index contributed by atoms with van der Waals surface area (Å²) in [7, 11) is 0. The van der Waals surface area contributed by atoms with Crippen LogP contribution in [0.3, 0.4) is 0 Å². The van der Waals surface area contributed by atoms with Gasteiger partial charge in [-0.1, -0.05) is 29.8 Å². The van der Waals surface area contributed by atoms with Gasteiger partial charge in [0.1, 0.15) is 11.6 Å². The molecule has 0 fully saturated rings. The van der Waals surface area contributed by atoms with Gasteiger partial charge in [0.25, 0.3) is 0 Å². The summed E-state index contributed by atoms with van der Waals surface area (Å²) >= 11 is 0. The molecule has 0 spiro atoms. The number of nitrogens with one attached hydrogen (secondary N) is 1. The molecule has 0 aliphatic rings. The molecule has 1 aromatic heterocycles. The minimum atomic E-state index is 0.431. The van der Waals surface area contributed by atoms with Gasteiger partial charge in [-0.2, -0.15) is 0 Å². The standard InChI is InChI=1S/C12H14N4/c1-9-2-4-10(5-3-9)8-14-12-7-6-11(13)15-16-12/h2-7H,8H2,1H3,(H2,13,15)(H,14,16). The number of nitrogens with two attached hydrogens (primary N) is 1. The van der Waals surface area contributed by atoms with Crippen LogP contribution in [0.4, 0.5) is 11.6 Å². The van der Waals surface area contributed by atoms with Gasteiger partial charge in [0, 0.05) is 6.54 Å². The van der Waals surface area contributed by atoms with Crippen LogP contribution in [0.25, 0.3) is 0 Å². The molecule has 16 heavy (non-hydrogen) atoms. The van der Waals surface area contributed by atoms with Crippen molar-refractivity contribution < 1.29 is 0 Å². The predicted molar refractivity (Wildman–Crippen MR) is 65.0 cm³/mol. The zero-order valence-electron chi connectivity index (χ0n) is 9.14. The number of nitrogen functional groups attached to an aromatic ring is 1. The third kappa shape index (κ3) is 2.70. The van der Waals surface area contributed by atoms with E-state index in [0.29, 0.717) is 5.82 Å². The van der Waals surface area contributed by atoms with Crippen LogP contribution >= 0.6 is 0 Å². The summed E-state index contributed by atoms with van der Waals surface area (Å²) in [4.78, 5) is 0. The van der Waals surface area contributed by atoms with Crippen molar-refractivity contribution in [2.75, 3.05) is 11.1 Å². The lowest BCUT2D eigenvalue weighted by atomic mass is 10.1. The lowest BCUT2D eigenvalue weighted by Gasteiger charge is -2.05.